The van der Waals surface area contributed by atoms with E-state index >= 15 is 0 Å². The van der Waals surface area contributed by atoms with Crippen molar-refractivity contribution in [2.24, 2.45) is 4.99 Å². The molecule has 3 aromatic carbocycles. The molecule has 0 aromatic heterocycles. The van der Waals surface area contributed by atoms with Crippen LogP contribution in [0.15, 0.2) is 95.6 Å². The molecule has 0 saturated heterocycles. The molecular weight excluding hydrogens is 437 g/mol. The SMILES string of the molecule is C[C@@H](NC(=O)CSC1=N/C(=C\c2ccccc2)C(=O)N1c1ccc(F)cc1)c1ccccc1. The highest BCUT2D eigenvalue weighted by molar-refractivity contribution is 8.14. The molecule has 0 saturated carbocycles. The molecule has 4 rings (SSSR count). The van der Waals surface area contributed by atoms with Gasteiger partial charge in [0.05, 0.1) is 17.5 Å². The van der Waals surface area contributed by atoms with Crippen LogP contribution >= 0.6 is 11.8 Å². The number of amides is 2. The van der Waals surface area contributed by atoms with Gasteiger partial charge in [0.2, 0.25) is 5.91 Å². The van der Waals surface area contributed by atoms with E-state index < -0.39 is 5.82 Å². The molecule has 3 aromatic rings. The van der Waals surface area contributed by atoms with Gasteiger partial charge in [0.1, 0.15) is 11.5 Å². The van der Waals surface area contributed by atoms with Crippen LogP contribution in [0.25, 0.3) is 6.08 Å². The van der Waals surface area contributed by atoms with Gasteiger partial charge in [0, 0.05) is 0 Å². The number of nitrogens with zero attached hydrogens (tertiary/aromatic N) is 2. The van der Waals surface area contributed by atoms with E-state index in [4.69, 9.17) is 0 Å². The van der Waals surface area contributed by atoms with Crippen LogP contribution < -0.4 is 10.2 Å². The number of hydrogen-bond acceptors (Lipinski definition) is 4. The van der Waals surface area contributed by atoms with Gasteiger partial charge in [-0.15, -0.1) is 0 Å². The summed E-state index contributed by atoms with van der Waals surface area (Å²) >= 11 is 1.16. The Morgan fingerprint density at radius 1 is 1.03 bits per heavy atom. The number of benzene rings is 3. The number of nitrogens with one attached hydrogen (secondary N) is 1. The molecule has 2 amide bonds. The van der Waals surface area contributed by atoms with Crippen LogP contribution in [0, 0.1) is 5.82 Å². The van der Waals surface area contributed by atoms with Gasteiger partial charge in [-0.25, -0.2) is 9.38 Å². The number of hydrogen-bond donors (Lipinski definition) is 1. The van der Waals surface area contributed by atoms with Crippen molar-refractivity contribution in [3.63, 3.8) is 0 Å². The lowest BCUT2D eigenvalue weighted by Crippen LogP contribution is -2.33. The van der Waals surface area contributed by atoms with Crippen molar-refractivity contribution in [2.45, 2.75) is 13.0 Å². The van der Waals surface area contributed by atoms with E-state index in [2.05, 4.69) is 10.3 Å². The Labute approximate surface area is 196 Å². The molecule has 0 fully saturated rings. The molecule has 1 aliphatic rings. The minimum absolute atomic E-state index is 0.0829. The van der Waals surface area contributed by atoms with E-state index in [1.165, 1.54) is 29.2 Å². The van der Waals surface area contributed by atoms with E-state index in [1.54, 1.807) is 6.08 Å². The molecule has 0 aliphatic carbocycles. The standard InChI is InChI=1S/C26H22FN3O2S/c1-18(20-10-6-3-7-11-20)28-24(31)17-33-26-29-23(16-19-8-4-2-5-9-19)25(32)30(26)22-14-12-21(27)13-15-22/h2-16,18H,17H2,1H3,(H,28,31)/b23-16-/t18-/m1/s1. The Bertz CT molecular complexity index is 1200. The smallest absolute Gasteiger partial charge is 0.283 e. The average molecular weight is 460 g/mol. The van der Waals surface area contributed by atoms with Gasteiger partial charge in [-0.1, -0.05) is 72.4 Å². The van der Waals surface area contributed by atoms with Gasteiger partial charge in [0.15, 0.2) is 5.17 Å². The highest BCUT2D eigenvalue weighted by atomic mass is 32.2. The Kier molecular flexibility index (Phi) is 7.00. The summed E-state index contributed by atoms with van der Waals surface area (Å²) in [7, 11) is 0. The van der Waals surface area contributed by atoms with Crippen molar-refractivity contribution in [3.8, 4) is 0 Å². The van der Waals surface area contributed by atoms with Gasteiger partial charge in [-0.05, 0) is 48.4 Å². The summed E-state index contributed by atoms with van der Waals surface area (Å²) in [6, 6.07) is 24.5. The minimum Gasteiger partial charge on any atom is -0.349 e. The molecule has 1 atom stereocenters. The zero-order valence-corrected chi connectivity index (χ0v) is 18.8. The summed E-state index contributed by atoms with van der Waals surface area (Å²) in [5.74, 6) is -0.817. The van der Waals surface area contributed by atoms with Crippen LogP contribution in [0.3, 0.4) is 0 Å². The third-order valence-corrected chi connectivity index (χ3v) is 5.97. The lowest BCUT2D eigenvalue weighted by atomic mass is 10.1. The predicted molar refractivity (Wildman–Crippen MR) is 131 cm³/mol. The topological polar surface area (TPSA) is 61.8 Å². The Balaban J connectivity index is 1.52. The molecule has 166 valence electrons. The van der Waals surface area contributed by atoms with Crippen LogP contribution in [0.5, 0.6) is 0 Å². The second-order valence-corrected chi connectivity index (χ2v) is 8.38. The molecule has 1 N–H and O–H groups in total. The molecular formula is C26H22FN3O2S. The summed E-state index contributed by atoms with van der Waals surface area (Å²) in [6.07, 6.45) is 1.70. The summed E-state index contributed by atoms with van der Waals surface area (Å²) in [6.45, 7) is 1.92. The molecule has 1 aliphatic heterocycles. The summed E-state index contributed by atoms with van der Waals surface area (Å²) < 4.78 is 13.4. The molecule has 33 heavy (non-hydrogen) atoms. The van der Waals surface area contributed by atoms with Gasteiger partial charge >= 0.3 is 0 Å². The Morgan fingerprint density at radius 3 is 2.33 bits per heavy atom. The molecule has 7 heteroatoms. The number of amidine groups is 1. The lowest BCUT2D eigenvalue weighted by Gasteiger charge is -2.18. The number of carbonyl (C=O) groups is 2. The van der Waals surface area contributed by atoms with E-state index in [1.807, 2.05) is 67.6 Å². The molecule has 0 bridgehead atoms. The first kappa shape index (κ1) is 22.5. The lowest BCUT2D eigenvalue weighted by molar-refractivity contribution is -0.119. The van der Waals surface area contributed by atoms with Crippen LogP contribution in [0.2, 0.25) is 0 Å². The molecule has 1 heterocycles. The van der Waals surface area contributed by atoms with Crippen LogP contribution in [-0.2, 0) is 9.59 Å². The Hall–Kier alpha value is -3.71. The van der Waals surface area contributed by atoms with Crippen LogP contribution in [0.4, 0.5) is 10.1 Å². The maximum atomic E-state index is 13.4. The van der Waals surface area contributed by atoms with Crippen LogP contribution in [-0.4, -0.2) is 22.7 Å². The van der Waals surface area contributed by atoms with Crippen LogP contribution in [0.1, 0.15) is 24.1 Å². The number of carbonyl (C=O) groups excluding carboxylic acids is 2. The zero-order chi connectivity index (χ0) is 23.2. The van der Waals surface area contributed by atoms with Crippen molar-refractivity contribution >= 4 is 40.5 Å². The highest BCUT2D eigenvalue weighted by Crippen LogP contribution is 2.29. The maximum absolute atomic E-state index is 13.4. The maximum Gasteiger partial charge on any atom is 0.283 e. The minimum atomic E-state index is -0.397. The van der Waals surface area contributed by atoms with E-state index in [0.717, 1.165) is 22.9 Å². The zero-order valence-electron chi connectivity index (χ0n) is 17.9. The van der Waals surface area contributed by atoms with Crippen molar-refractivity contribution in [2.75, 3.05) is 10.7 Å². The fourth-order valence-corrected chi connectivity index (χ4v) is 4.18. The number of halogens is 1. The van der Waals surface area contributed by atoms with Crippen molar-refractivity contribution in [3.05, 3.63) is 108 Å². The first-order chi connectivity index (χ1) is 16.0. The van der Waals surface area contributed by atoms with E-state index in [0.29, 0.717) is 10.9 Å². The number of rotatable bonds is 6. The fraction of sp³-hybridized carbons (Fsp3) is 0.115. The normalized spacial score (nSPS) is 15.5. The Morgan fingerprint density at radius 2 is 1.67 bits per heavy atom. The third kappa shape index (κ3) is 5.56. The summed E-state index contributed by atoms with van der Waals surface area (Å²) in [4.78, 5) is 31.6. The monoisotopic (exact) mass is 459 g/mol. The number of thioether (sulfide) groups is 1. The molecule has 5 nitrogen and oxygen atoms in total. The summed E-state index contributed by atoms with van der Waals surface area (Å²) in [5, 5.41) is 3.33. The van der Waals surface area contributed by atoms with Crippen molar-refractivity contribution in [1.29, 1.82) is 0 Å². The van der Waals surface area contributed by atoms with Crippen molar-refractivity contribution < 1.29 is 14.0 Å². The third-order valence-electron chi connectivity index (χ3n) is 5.03. The van der Waals surface area contributed by atoms with Gasteiger partial charge < -0.3 is 5.32 Å². The summed E-state index contributed by atoms with van der Waals surface area (Å²) in [5.41, 5.74) is 2.59. The number of anilines is 1. The van der Waals surface area contributed by atoms with Crippen molar-refractivity contribution in [1.82, 2.24) is 5.32 Å². The van der Waals surface area contributed by atoms with Gasteiger partial charge in [0.25, 0.3) is 5.91 Å². The first-order valence-electron chi connectivity index (χ1n) is 10.4. The average Bonchev–Trinajstić information content (AvgIpc) is 3.14. The van der Waals surface area contributed by atoms with E-state index in [9.17, 15) is 14.0 Å². The quantitative estimate of drug-likeness (QED) is 0.517. The first-order valence-corrected chi connectivity index (χ1v) is 11.4. The molecule has 0 radical (unpaired) electrons. The second kappa shape index (κ2) is 10.3. The highest BCUT2D eigenvalue weighted by Gasteiger charge is 2.32. The molecule has 0 unspecified atom stereocenters. The second-order valence-electron chi connectivity index (χ2n) is 7.44. The predicted octanol–water partition coefficient (Wildman–Crippen LogP) is 5.18. The van der Waals surface area contributed by atoms with Gasteiger partial charge in [-0.2, -0.15) is 0 Å². The largest absolute Gasteiger partial charge is 0.349 e. The fourth-order valence-electron chi connectivity index (χ4n) is 3.36. The van der Waals surface area contributed by atoms with Gasteiger partial charge in [-0.3, -0.25) is 14.5 Å². The molecule has 0 spiro atoms. The van der Waals surface area contributed by atoms with E-state index in [-0.39, 0.29) is 29.3 Å². The number of aliphatic imine (C=N–C) groups is 1.